The molecule has 0 radical (unpaired) electrons. The maximum atomic E-state index is 12.5. The fraction of sp³-hybridized carbons (Fsp3) is 0.250. The van der Waals surface area contributed by atoms with Crippen molar-refractivity contribution >= 4 is 39.3 Å². The van der Waals surface area contributed by atoms with Gasteiger partial charge in [0.2, 0.25) is 5.95 Å². The predicted octanol–water partition coefficient (Wildman–Crippen LogP) is 0.340. The number of hydrazone groups is 1. The summed E-state index contributed by atoms with van der Waals surface area (Å²) < 4.78 is 4.45. The van der Waals surface area contributed by atoms with Crippen molar-refractivity contribution in [3.05, 3.63) is 49.1 Å². The second kappa shape index (κ2) is 7.37. The van der Waals surface area contributed by atoms with Crippen LogP contribution in [0.25, 0.3) is 11.2 Å². The molecule has 27 heavy (non-hydrogen) atoms. The van der Waals surface area contributed by atoms with Crippen molar-refractivity contribution in [2.45, 2.75) is 6.54 Å². The highest BCUT2D eigenvalue weighted by Crippen LogP contribution is 2.20. The van der Waals surface area contributed by atoms with Crippen LogP contribution in [0, 0.1) is 0 Å². The minimum Gasteiger partial charge on any atom is -0.507 e. The number of benzene rings is 1. The molecule has 2 aromatic heterocycles. The van der Waals surface area contributed by atoms with Crippen molar-refractivity contribution in [2.24, 2.45) is 19.2 Å². The molecule has 0 atom stereocenters. The number of nitrogens with one attached hydrogen (secondary N) is 1. The lowest BCUT2D eigenvalue weighted by atomic mass is 10.2. The second-order valence-electron chi connectivity index (χ2n) is 5.76. The maximum absolute atomic E-state index is 12.5. The Morgan fingerprint density at radius 3 is 2.74 bits per heavy atom. The summed E-state index contributed by atoms with van der Waals surface area (Å²) in [6.07, 6.45) is 1.39. The van der Waals surface area contributed by atoms with E-state index in [4.69, 9.17) is 0 Å². The Bertz CT molecular complexity index is 1160. The molecule has 142 valence electrons. The third kappa shape index (κ3) is 3.38. The average Bonchev–Trinajstić information content (AvgIpc) is 3.00. The van der Waals surface area contributed by atoms with Crippen LogP contribution in [0.15, 0.2) is 37.4 Å². The van der Waals surface area contributed by atoms with Crippen LogP contribution >= 0.6 is 15.9 Å². The molecule has 0 aliphatic rings. The van der Waals surface area contributed by atoms with E-state index in [1.165, 1.54) is 35.5 Å². The molecule has 11 heteroatoms. The third-order valence-electron chi connectivity index (χ3n) is 4.03. The monoisotopic (exact) mass is 436 g/mol. The smallest absolute Gasteiger partial charge is 0.332 e. The van der Waals surface area contributed by atoms with Crippen molar-refractivity contribution in [1.29, 1.82) is 0 Å². The molecule has 0 spiro atoms. The summed E-state index contributed by atoms with van der Waals surface area (Å²) in [7, 11) is 2.88. The number of anilines is 1. The van der Waals surface area contributed by atoms with Crippen molar-refractivity contribution in [1.82, 2.24) is 18.7 Å². The largest absolute Gasteiger partial charge is 0.507 e. The summed E-state index contributed by atoms with van der Waals surface area (Å²) in [6.45, 7) is -0.147. The summed E-state index contributed by atoms with van der Waals surface area (Å²) in [5, 5.41) is 23.2. The lowest BCUT2D eigenvalue weighted by Gasteiger charge is -2.07. The molecule has 0 unspecified atom stereocenters. The first-order chi connectivity index (χ1) is 12.8. The van der Waals surface area contributed by atoms with Gasteiger partial charge in [0.15, 0.2) is 11.2 Å². The number of nitrogens with zero attached hydrogens (tertiary/aromatic N) is 5. The molecule has 0 fully saturated rings. The Labute approximate surface area is 161 Å². The quantitative estimate of drug-likeness (QED) is 0.391. The first-order valence-electron chi connectivity index (χ1n) is 7.90. The van der Waals surface area contributed by atoms with Crippen LogP contribution in [0.3, 0.4) is 0 Å². The molecule has 0 saturated heterocycles. The second-order valence-corrected chi connectivity index (χ2v) is 6.68. The van der Waals surface area contributed by atoms with Gasteiger partial charge in [-0.2, -0.15) is 10.1 Å². The molecule has 3 aromatic rings. The molecular formula is C16H17BrN6O4. The number of phenols is 1. The average molecular weight is 437 g/mol. The molecule has 10 nitrogen and oxygen atoms in total. The number of aliphatic hydroxyl groups excluding tert-OH is 1. The van der Waals surface area contributed by atoms with E-state index in [0.29, 0.717) is 5.56 Å². The van der Waals surface area contributed by atoms with Gasteiger partial charge in [-0.05, 0) is 18.2 Å². The fourth-order valence-corrected chi connectivity index (χ4v) is 3.02. The van der Waals surface area contributed by atoms with E-state index in [-0.39, 0.29) is 36.0 Å². The number of aryl methyl sites for hydroxylation is 1. The normalized spacial score (nSPS) is 11.6. The topological polar surface area (TPSA) is 127 Å². The SMILES string of the molecule is Cn1c(=O)c2c(nc(N/N=C\c3cc(Br)ccc3O)n2CCO)n(C)c1=O. The van der Waals surface area contributed by atoms with Gasteiger partial charge in [-0.25, -0.2) is 10.2 Å². The molecule has 0 saturated carbocycles. The summed E-state index contributed by atoms with van der Waals surface area (Å²) in [5.74, 6) is 0.229. The fourth-order valence-electron chi connectivity index (χ4n) is 2.64. The van der Waals surface area contributed by atoms with Gasteiger partial charge in [-0.15, -0.1) is 0 Å². The van der Waals surface area contributed by atoms with E-state index in [1.807, 2.05) is 0 Å². The Balaban J connectivity index is 2.08. The van der Waals surface area contributed by atoms with E-state index in [2.05, 4.69) is 31.4 Å². The summed E-state index contributed by atoms with van der Waals surface area (Å²) in [5.41, 5.74) is 2.49. The summed E-state index contributed by atoms with van der Waals surface area (Å²) in [4.78, 5) is 28.9. The number of hydrogen-bond acceptors (Lipinski definition) is 7. The number of phenolic OH excluding ortho intramolecular Hbond substituents is 1. The van der Waals surface area contributed by atoms with E-state index in [9.17, 15) is 19.8 Å². The highest BCUT2D eigenvalue weighted by atomic mass is 79.9. The van der Waals surface area contributed by atoms with Gasteiger partial charge < -0.3 is 14.8 Å². The zero-order chi connectivity index (χ0) is 19.7. The van der Waals surface area contributed by atoms with Crippen LogP contribution in [-0.4, -0.2) is 41.7 Å². The maximum Gasteiger partial charge on any atom is 0.332 e. The summed E-state index contributed by atoms with van der Waals surface area (Å²) in [6, 6.07) is 4.89. The van der Waals surface area contributed by atoms with Gasteiger partial charge in [0, 0.05) is 30.7 Å². The van der Waals surface area contributed by atoms with Crippen molar-refractivity contribution in [3.8, 4) is 5.75 Å². The van der Waals surface area contributed by atoms with Crippen LogP contribution in [0.4, 0.5) is 5.95 Å². The Kier molecular flexibility index (Phi) is 5.15. The van der Waals surface area contributed by atoms with Crippen LogP contribution in [0.1, 0.15) is 5.56 Å². The van der Waals surface area contributed by atoms with Crippen LogP contribution in [-0.2, 0) is 20.6 Å². The number of aromatic hydroxyl groups is 1. The van der Waals surface area contributed by atoms with Crippen LogP contribution in [0.5, 0.6) is 5.75 Å². The van der Waals surface area contributed by atoms with Gasteiger partial charge in [-0.1, -0.05) is 15.9 Å². The van der Waals surface area contributed by atoms with Crippen molar-refractivity contribution in [3.63, 3.8) is 0 Å². The first-order valence-corrected chi connectivity index (χ1v) is 8.69. The third-order valence-corrected chi connectivity index (χ3v) is 4.52. The lowest BCUT2D eigenvalue weighted by Crippen LogP contribution is -2.37. The molecule has 1 aromatic carbocycles. The van der Waals surface area contributed by atoms with E-state index >= 15 is 0 Å². The van der Waals surface area contributed by atoms with Gasteiger partial charge >= 0.3 is 5.69 Å². The van der Waals surface area contributed by atoms with Gasteiger partial charge in [0.25, 0.3) is 5.56 Å². The molecule has 0 amide bonds. The van der Waals surface area contributed by atoms with Gasteiger partial charge in [-0.3, -0.25) is 13.9 Å². The molecule has 2 heterocycles. The number of halogens is 1. The lowest BCUT2D eigenvalue weighted by molar-refractivity contribution is 0.278. The number of rotatable bonds is 5. The first kappa shape index (κ1) is 18.9. The van der Waals surface area contributed by atoms with E-state index < -0.39 is 11.2 Å². The highest BCUT2D eigenvalue weighted by Gasteiger charge is 2.18. The Hall–Kier alpha value is -2.92. The molecule has 3 N–H and O–H groups in total. The molecule has 3 rings (SSSR count). The van der Waals surface area contributed by atoms with Gasteiger partial charge in [0.05, 0.1) is 12.8 Å². The standard InChI is InChI=1S/C16H17BrN6O4/c1-21-13-12(14(26)22(2)16(21)27)23(5-6-24)15(19-13)20-18-8-9-7-10(17)3-4-11(9)25/h3-4,7-8,24-25H,5-6H2,1-2H3,(H,19,20)/b18-8-. The molecule has 0 aliphatic heterocycles. The number of hydrogen-bond donors (Lipinski definition) is 3. The minimum atomic E-state index is -0.518. The minimum absolute atomic E-state index is 0.0453. The molecular weight excluding hydrogens is 420 g/mol. The molecule has 0 bridgehead atoms. The number of imidazole rings is 1. The Morgan fingerprint density at radius 1 is 1.30 bits per heavy atom. The van der Waals surface area contributed by atoms with E-state index in [1.54, 1.807) is 12.1 Å². The van der Waals surface area contributed by atoms with Crippen LogP contribution in [0.2, 0.25) is 0 Å². The number of aromatic nitrogens is 4. The summed E-state index contributed by atoms with van der Waals surface area (Å²) >= 11 is 3.31. The van der Waals surface area contributed by atoms with E-state index in [0.717, 1.165) is 9.04 Å². The van der Waals surface area contributed by atoms with Crippen molar-refractivity contribution < 1.29 is 10.2 Å². The molecule has 0 aliphatic carbocycles. The highest BCUT2D eigenvalue weighted by molar-refractivity contribution is 9.10. The number of fused-ring (bicyclic) bond motifs is 1. The van der Waals surface area contributed by atoms with Crippen LogP contribution < -0.4 is 16.7 Å². The van der Waals surface area contributed by atoms with Crippen molar-refractivity contribution in [2.75, 3.05) is 12.0 Å². The predicted molar refractivity (Wildman–Crippen MR) is 104 cm³/mol. The zero-order valence-electron chi connectivity index (χ0n) is 14.5. The Morgan fingerprint density at radius 2 is 2.04 bits per heavy atom. The number of aliphatic hydroxyl groups is 1. The van der Waals surface area contributed by atoms with Gasteiger partial charge in [0.1, 0.15) is 5.75 Å². The zero-order valence-corrected chi connectivity index (χ0v) is 16.1.